The summed E-state index contributed by atoms with van der Waals surface area (Å²) in [6.07, 6.45) is 6.49. The number of ether oxygens (including phenoxy) is 1. The second kappa shape index (κ2) is 8.90. The molecule has 1 aliphatic rings. The van der Waals surface area contributed by atoms with E-state index in [1.165, 1.54) is 18.4 Å². The number of methoxy groups -OCH3 is 1. The molecule has 2 heterocycles. The van der Waals surface area contributed by atoms with E-state index in [4.69, 9.17) is 4.74 Å². The molecular weight excluding hydrogens is 423 g/mol. The number of halogens is 1. The third-order valence-corrected chi connectivity index (χ3v) is 7.56. The quantitative estimate of drug-likeness (QED) is 0.378. The standard InChI is InChI=1S/C25H27FN4OS/c1-30-22-11-10-18(13-21(22)24(26)29-30)17-8-6-16(7-9-17)14-27-20-5-3-4-19(12-20)23-15-28-25(31-2)32-23/h3-5,10-13,15-17,27H,6-9,14H2,1-2H3. The minimum Gasteiger partial charge on any atom is -0.473 e. The average molecular weight is 451 g/mol. The van der Waals surface area contributed by atoms with Gasteiger partial charge >= 0.3 is 0 Å². The molecule has 0 radical (unpaired) electrons. The van der Waals surface area contributed by atoms with E-state index in [1.54, 1.807) is 30.2 Å². The van der Waals surface area contributed by atoms with Crippen molar-refractivity contribution in [3.8, 4) is 15.6 Å². The number of anilines is 1. The summed E-state index contributed by atoms with van der Waals surface area (Å²) in [7, 11) is 3.43. The van der Waals surface area contributed by atoms with Crippen LogP contribution >= 0.6 is 11.3 Å². The Morgan fingerprint density at radius 1 is 1.16 bits per heavy atom. The van der Waals surface area contributed by atoms with Crippen molar-refractivity contribution < 1.29 is 9.13 Å². The van der Waals surface area contributed by atoms with Crippen LogP contribution in [-0.4, -0.2) is 28.4 Å². The van der Waals surface area contributed by atoms with E-state index in [1.807, 2.05) is 18.3 Å². The number of aryl methyl sites for hydroxylation is 1. The van der Waals surface area contributed by atoms with Crippen LogP contribution in [0.25, 0.3) is 21.3 Å². The van der Waals surface area contributed by atoms with Gasteiger partial charge in [0.05, 0.1) is 22.9 Å². The fourth-order valence-corrected chi connectivity index (χ4v) is 5.45. The number of benzene rings is 2. The first-order chi connectivity index (χ1) is 15.6. The number of hydrogen-bond acceptors (Lipinski definition) is 5. The summed E-state index contributed by atoms with van der Waals surface area (Å²) in [6.45, 7) is 0.971. The van der Waals surface area contributed by atoms with Gasteiger partial charge in [-0.2, -0.15) is 4.39 Å². The van der Waals surface area contributed by atoms with Crippen LogP contribution in [-0.2, 0) is 7.05 Å². The van der Waals surface area contributed by atoms with Crippen LogP contribution in [0.2, 0.25) is 0 Å². The van der Waals surface area contributed by atoms with E-state index in [9.17, 15) is 4.39 Å². The maximum Gasteiger partial charge on any atom is 0.273 e. The summed E-state index contributed by atoms with van der Waals surface area (Å²) in [5.41, 5.74) is 4.37. The molecule has 1 saturated carbocycles. The van der Waals surface area contributed by atoms with Gasteiger partial charge in [-0.15, -0.1) is 5.10 Å². The lowest BCUT2D eigenvalue weighted by atomic mass is 9.78. The molecule has 0 unspecified atom stereocenters. The molecular formula is C25H27FN4OS. The Balaban J connectivity index is 1.18. The van der Waals surface area contributed by atoms with Crippen molar-refractivity contribution in [2.45, 2.75) is 31.6 Å². The number of thiazole rings is 1. The van der Waals surface area contributed by atoms with Crippen LogP contribution in [0.1, 0.15) is 37.2 Å². The molecule has 1 fully saturated rings. The van der Waals surface area contributed by atoms with Crippen LogP contribution in [0.4, 0.5) is 10.1 Å². The SMILES string of the molecule is COc1ncc(-c2cccc(NCC3CCC(c4ccc5c(c4)c(F)nn5C)CC3)c2)s1. The molecule has 5 nitrogen and oxygen atoms in total. The second-order valence-electron chi connectivity index (χ2n) is 8.56. The number of nitrogens with one attached hydrogen (secondary N) is 1. The van der Waals surface area contributed by atoms with Crippen LogP contribution < -0.4 is 10.1 Å². The smallest absolute Gasteiger partial charge is 0.273 e. The molecule has 7 heteroatoms. The summed E-state index contributed by atoms with van der Waals surface area (Å²) in [6, 6.07) is 14.6. The van der Waals surface area contributed by atoms with Crippen LogP contribution in [0.3, 0.4) is 0 Å². The fourth-order valence-electron chi connectivity index (χ4n) is 4.72. The monoisotopic (exact) mass is 450 g/mol. The number of rotatable bonds is 6. The minimum absolute atomic E-state index is 0.374. The van der Waals surface area contributed by atoms with Gasteiger partial charge < -0.3 is 10.1 Å². The first kappa shape index (κ1) is 20.9. The van der Waals surface area contributed by atoms with Gasteiger partial charge in [-0.25, -0.2) is 4.98 Å². The number of aromatic nitrogens is 3. The Morgan fingerprint density at radius 2 is 2.00 bits per heavy atom. The molecule has 5 rings (SSSR count). The van der Waals surface area contributed by atoms with Gasteiger partial charge in [0.15, 0.2) is 0 Å². The van der Waals surface area contributed by atoms with E-state index < -0.39 is 0 Å². The third-order valence-electron chi connectivity index (χ3n) is 6.55. The number of hydrogen-bond donors (Lipinski definition) is 1. The summed E-state index contributed by atoms with van der Waals surface area (Å²) in [5, 5.41) is 8.84. The molecule has 2 aromatic carbocycles. The van der Waals surface area contributed by atoms with Gasteiger partial charge in [-0.1, -0.05) is 29.5 Å². The molecule has 0 bridgehead atoms. The molecule has 0 saturated heterocycles. The molecule has 0 atom stereocenters. The highest BCUT2D eigenvalue weighted by Gasteiger charge is 2.23. The van der Waals surface area contributed by atoms with Gasteiger partial charge in [0.1, 0.15) is 0 Å². The Morgan fingerprint density at radius 3 is 2.78 bits per heavy atom. The predicted octanol–water partition coefficient (Wildman–Crippen LogP) is 6.23. The van der Waals surface area contributed by atoms with Crippen molar-refractivity contribution >= 4 is 27.9 Å². The summed E-state index contributed by atoms with van der Waals surface area (Å²) < 4.78 is 20.9. The normalized spacial score (nSPS) is 18.7. The number of nitrogens with zero attached hydrogens (tertiary/aromatic N) is 3. The zero-order chi connectivity index (χ0) is 22.1. The zero-order valence-electron chi connectivity index (χ0n) is 18.3. The van der Waals surface area contributed by atoms with Gasteiger partial charge in [-0.05, 0) is 72.9 Å². The molecule has 4 aromatic rings. The molecule has 0 spiro atoms. The summed E-state index contributed by atoms with van der Waals surface area (Å²) in [5.74, 6) is 0.776. The van der Waals surface area contributed by atoms with Crippen molar-refractivity contribution in [3.63, 3.8) is 0 Å². The molecule has 32 heavy (non-hydrogen) atoms. The molecule has 2 aromatic heterocycles. The van der Waals surface area contributed by atoms with E-state index >= 15 is 0 Å². The highest BCUT2D eigenvalue weighted by atomic mass is 32.1. The Hall–Kier alpha value is -2.93. The summed E-state index contributed by atoms with van der Waals surface area (Å²) in [4.78, 5) is 5.37. The predicted molar refractivity (Wildman–Crippen MR) is 128 cm³/mol. The van der Waals surface area contributed by atoms with Crippen molar-refractivity contribution in [2.24, 2.45) is 13.0 Å². The molecule has 0 aliphatic heterocycles. The first-order valence-corrected chi connectivity index (χ1v) is 11.9. The van der Waals surface area contributed by atoms with Crippen molar-refractivity contribution in [1.29, 1.82) is 0 Å². The second-order valence-corrected chi connectivity index (χ2v) is 9.56. The molecule has 0 amide bonds. The lowest BCUT2D eigenvalue weighted by Gasteiger charge is -2.29. The minimum atomic E-state index is -0.374. The topological polar surface area (TPSA) is 52.0 Å². The Labute approximate surface area is 191 Å². The van der Waals surface area contributed by atoms with Crippen molar-refractivity contribution in [3.05, 3.63) is 60.2 Å². The maximum absolute atomic E-state index is 14.1. The van der Waals surface area contributed by atoms with Gasteiger partial charge in [-0.3, -0.25) is 4.68 Å². The lowest BCUT2D eigenvalue weighted by molar-refractivity contribution is 0.338. The molecule has 166 valence electrons. The van der Waals surface area contributed by atoms with Crippen LogP contribution in [0, 0.1) is 11.9 Å². The van der Waals surface area contributed by atoms with Gasteiger partial charge in [0, 0.05) is 25.5 Å². The average Bonchev–Trinajstić information content (AvgIpc) is 3.42. The first-order valence-electron chi connectivity index (χ1n) is 11.1. The van der Waals surface area contributed by atoms with Gasteiger partial charge in [0.2, 0.25) is 5.95 Å². The highest BCUT2D eigenvalue weighted by Crippen LogP contribution is 2.37. The third kappa shape index (κ3) is 4.21. The molecule has 1 aliphatic carbocycles. The van der Waals surface area contributed by atoms with E-state index in [0.717, 1.165) is 41.0 Å². The van der Waals surface area contributed by atoms with E-state index in [0.29, 0.717) is 22.4 Å². The highest BCUT2D eigenvalue weighted by molar-refractivity contribution is 7.16. The van der Waals surface area contributed by atoms with E-state index in [2.05, 4.69) is 45.7 Å². The van der Waals surface area contributed by atoms with Gasteiger partial charge in [0.25, 0.3) is 5.19 Å². The Bertz CT molecular complexity index is 1230. The van der Waals surface area contributed by atoms with Crippen LogP contribution in [0.5, 0.6) is 5.19 Å². The van der Waals surface area contributed by atoms with E-state index in [-0.39, 0.29) is 5.95 Å². The lowest BCUT2D eigenvalue weighted by Crippen LogP contribution is -2.20. The maximum atomic E-state index is 14.1. The zero-order valence-corrected chi connectivity index (χ0v) is 19.2. The van der Waals surface area contributed by atoms with Crippen molar-refractivity contribution in [2.75, 3.05) is 19.0 Å². The summed E-state index contributed by atoms with van der Waals surface area (Å²) >= 11 is 1.55. The number of fused-ring (bicyclic) bond motifs is 1. The largest absolute Gasteiger partial charge is 0.473 e. The van der Waals surface area contributed by atoms with Crippen LogP contribution in [0.15, 0.2) is 48.7 Å². The molecule has 1 N–H and O–H groups in total. The fraction of sp³-hybridized carbons (Fsp3) is 0.360. The Kier molecular flexibility index (Phi) is 5.83. The van der Waals surface area contributed by atoms with Crippen molar-refractivity contribution in [1.82, 2.24) is 14.8 Å².